The van der Waals surface area contributed by atoms with Gasteiger partial charge in [0.2, 0.25) is 0 Å². The maximum atomic E-state index is 12.9. The monoisotopic (exact) mass is 233 g/mol. The zero-order chi connectivity index (χ0) is 12.1. The lowest BCUT2D eigenvalue weighted by Gasteiger charge is -2.05. The summed E-state index contributed by atoms with van der Waals surface area (Å²) in [7, 11) is 0. The Morgan fingerprint density at radius 2 is 1.94 bits per heavy atom. The molecule has 0 atom stereocenters. The molecular formula is C12H12FN3O. The van der Waals surface area contributed by atoms with Crippen molar-refractivity contribution < 1.29 is 9.13 Å². The van der Waals surface area contributed by atoms with Gasteiger partial charge >= 0.3 is 0 Å². The summed E-state index contributed by atoms with van der Waals surface area (Å²) in [6.45, 7) is 0.504. The number of aromatic nitrogens is 2. The number of nitrogens with zero attached hydrogens (tertiary/aromatic N) is 2. The predicted octanol–water partition coefficient (Wildman–Crippen LogP) is 1.91. The molecule has 4 nitrogen and oxygen atoms in total. The molecule has 5 heteroatoms. The van der Waals surface area contributed by atoms with Gasteiger partial charge in [0.1, 0.15) is 17.4 Å². The molecule has 0 aliphatic carbocycles. The molecule has 0 spiro atoms. The van der Waals surface area contributed by atoms with Crippen LogP contribution in [0.1, 0.15) is 5.82 Å². The van der Waals surface area contributed by atoms with Crippen molar-refractivity contribution in [3.63, 3.8) is 0 Å². The average Bonchev–Trinajstić information content (AvgIpc) is 2.32. The van der Waals surface area contributed by atoms with Crippen LogP contribution in [0.15, 0.2) is 36.7 Å². The van der Waals surface area contributed by atoms with Gasteiger partial charge in [-0.15, -0.1) is 0 Å². The normalized spacial score (nSPS) is 10.2. The lowest BCUT2D eigenvalue weighted by molar-refractivity contribution is 0.471. The minimum absolute atomic E-state index is 0.344. The van der Waals surface area contributed by atoms with E-state index in [1.165, 1.54) is 12.1 Å². The van der Waals surface area contributed by atoms with Gasteiger partial charge in [0, 0.05) is 12.5 Å². The van der Waals surface area contributed by atoms with Crippen LogP contribution in [-0.4, -0.2) is 16.5 Å². The first-order chi connectivity index (χ1) is 8.28. The van der Waals surface area contributed by atoms with Crippen molar-refractivity contribution in [3.05, 3.63) is 48.3 Å². The number of benzene rings is 1. The van der Waals surface area contributed by atoms with Gasteiger partial charge in [0.15, 0.2) is 5.75 Å². The molecule has 0 unspecified atom stereocenters. The first kappa shape index (κ1) is 11.5. The molecule has 0 radical (unpaired) electrons. The second kappa shape index (κ2) is 5.36. The van der Waals surface area contributed by atoms with Gasteiger partial charge in [-0.25, -0.2) is 14.4 Å². The highest BCUT2D eigenvalue weighted by molar-refractivity contribution is 5.28. The third-order valence-corrected chi connectivity index (χ3v) is 2.08. The van der Waals surface area contributed by atoms with Crippen molar-refractivity contribution in [1.29, 1.82) is 0 Å². The maximum absolute atomic E-state index is 12.9. The van der Waals surface area contributed by atoms with Crippen molar-refractivity contribution >= 4 is 0 Å². The summed E-state index contributed by atoms with van der Waals surface area (Å²) in [6.07, 6.45) is 3.71. The summed E-state index contributed by atoms with van der Waals surface area (Å²) in [5, 5.41) is 0. The van der Waals surface area contributed by atoms with Crippen molar-refractivity contribution in [2.75, 3.05) is 6.54 Å². The van der Waals surface area contributed by atoms with E-state index in [1.807, 2.05) is 0 Å². The number of halogens is 1. The molecule has 2 aromatic rings. The van der Waals surface area contributed by atoms with Crippen LogP contribution >= 0.6 is 0 Å². The van der Waals surface area contributed by atoms with Crippen LogP contribution in [0.5, 0.6) is 11.5 Å². The molecule has 1 heterocycles. The SMILES string of the molecule is NCCc1ncc(Oc2cccc(F)c2)cn1. The molecule has 0 aliphatic rings. The van der Waals surface area contributed by atoms with Crippen molar-refractivity contribution in [2.45, 2.75) is 6.42 Å². The predicted molar refractivity (Wildman–Crippen MR) is 61.3 cm³/mol. The molecular weight excluding hydrogens is 221 g/mol. The van der Waals surface area contributed by atoms with Gasteiger partial charge in [0.25, 0.3) is 0 Å². The molecule has 1 aromatic heterocycles. The molecule has 17 heavy (non-hydrogen) atoms. The summed E-state index contributed by atoms with van der Waals surface area (Å²) in [4.78, 5) is 8.15. The minimum atomic E-state index is -0.344. The average molecular weight is 233 g/mol. The number of ether oxygens (including phenoxy) is 1. The van der Waals surface area contributed by atoms with E-state index in [9.17, 15) is 4.39 Å². The fourth-order valence-electron chi connectivity index (χ4n) is 1.32. The highest BCUT2D eigenvalue weighted by Crippen LogP contribution is 2.20. The molecule has 0 bridgehead atoms. The zero-order valence-corrected chi connectivity index (χ0v) is 9.14. The van der Waals surface area contributed by atoms with E-state index in [0.717, 1.165) is 0 Å². The zero-order valence-electron chi connectivity index (χ0n) is 9.14. The molecule has 1 aromatic carbocycles. The highest BCUT2D eigenvalue weighted by atomic mass is 19.1. The number of rotatable bonds is 4. The highest BCUT2D eigenvalue weighted by Gasteiger charge is 2.00. The molecule has 0 fully saturated rings. The Morgan fingerprint density at radius 1 is 1.18 bits per heavy atom. The van der Waals surface area contributed by atoms with Gasteiger partial charge in [-0.05, 0) is 18.7 Å². The number of hydrogen-bond acceptors (Lipinski definition) is 4. The Bertz CT molecular complexity index is 487. The van der Waals surface area contributed by atoms with Crippen LogP contribution in [-0.2, 0) is 6.42 Å². The van der Waals surface area contributed by atoms with E-state index in [1.54, 1.807) is 24.5 Å². The lowest BCUT2D eigenvalue weighted by atomic mass is 10.3. The summed E-state index contributed by atoms with van der Waals surface area (Å²) in [5.41, 5.74) is 5.39. The largest absolute Gasteiger partial charge is 0.454 e. The molecule has 0 saturated carbocycles. The Morgan fingerprint density at radius 3 is 2.59 bits per heavy atom. The van der Waals surface area contributed by atoms with Crippen LogP contribution in [0.2, 0.25) is 0 Å². The lowest BCUT2D eigenvalue weighted by Crippen LogP contribution is -2.06. The fourth-order valence-corrected chi connectivity index (χ4v) is 1.32. The van der Waals surface area contributed by atoms with Gasteiger partial charge in [-0.1, -0.05) is 6.07 Å². The Balaban J connectivity index is 2.08. The standard InChI is InChI=1S/C12H12FN3O/c13-9-2-1-3-10(6-9)17-11-7-15-12(4-5-14)16-8-11/h1-3,6-8H,4-5,14H2. The van der Waals surface area contributed by atoms with E-state index >= 15 is 0 Å². The Labute approximate surface area is 98.3 Å². The topological polar surface area (TPSA) is 61.0 Å². The maximum Gasteiger partial charge on any atom is 0.164 e. The van der Waals surface area contributed by atoms with Crippen molar-refractivity contribution in [1.82, 2.24) is 9.97 Å². The first-order valence-electron chi connectivity index (χ1n) is 5.22. The van der Waals surface area contributed by atoms with E-state index in [0.29, 0.717) is 30.3 Å². The quantitative estimate of drug-likeness (QED) is 0.876. The van der Waals surface area contributed by atoms with Gasteiger partial charge in [-0.2, -0.15) is 0 Å². The van der Waals surface area contributed by atoms with E-state index in [2.05, 4.69) is 9.97 Å². The van der Waals surface area contributed by atoms with E-state index in [4.69, 9.17) is 10.5 Å². The van der Waals surface area contributed by atoms with Crippen LogP contribution in [0, 0.1) is 5.82 Å². The number of nitrogens with two attached hydrogens (primary N) is 1. The second-order valence-electron chi connectivity index (χ2n) is 3.43. The van der Waals surface area contributed by atoms with Gasteiger partial charge < -0.3 is 10.5 Å². The van der Waals surface area contributed by atoms with Crippen molar-refractivity contribution in [3.8, 4) is 11.5 Å². The molecule has 2 rings (SSSR count). The van der Waals surface area contributed by atoms with E-state index < -0.39 is 0 Å². The molecule has 2 N–H and O–H groups in total. The van der Waals surface area contributed by atoms with Gasteiger partial charge in [0.05, 0.1) is 12.4 Å². The summed E-state index contributed by atoms with van der Waals surface area (Å²) in [6, 6.07) is 5.90. The van der Waals surface area contributed by atoms with Crippen LogP contribution in [0.4, 0.5) is 4.39 Å². The third kappa shape index (κ3) is 3.22. The fraction of sp³-hybridized carbons (Fsp3) is 0.167. The van der Waals surface area contributed by atoms with Crippen LogP contribution < -0.4 is 10.5 Å². The smallest absolute Gasteiger partial charge is 0.164 e. The van der Waals surface area contributed by atoms with Gasteiger partial charge in [-0.3, -0.25) is 0 Å². The molecule has 0 amide bonds. The van der Waals surface area contributed by atoms with E-state index in [-0.39, 0.29) is 5.82 Å². The molecule has 0 aliphatic heterocycles. The Hall–Kier alpha value is -2.01. The van der Waals surface area contributed by atoms with Crippen molar-refractivity contribution in [2.24, 2.45) is 5.73 Å². The number of hydrogen-bond donors (Lipinski definition) is 1. The minimum Gasteiger partial charge on any atom is -0.454 e. The third-order valence-electron chi connectivity index (χ3n) is 2.08. The van der Waals surface area contributed by atoms with Crippen LogP contribution in [0.3, 0.4) is 0 Å². The molecule has 0 saturated heterocycles. The summed E-state index contributed by atoms with van der Waals surface area (Å²) in [5.74, 6) is 1.21. The first-order valence-corrected chi connectivity index (χ1v) is 5.22. The summed E-state index contributed by atoms with van der Waals surface area (Å²) >= 11 is 0. The second-order valence-corrected chi connectivity index (χ2v) is 3.43. The molecule has 88 valence electrons. The van der Waals surface area contributed by atoms with Crippen LogP contribution in [0.25, 0.3) is 0 Å². The summed E-state index contributed by atoms with van der Waals surface area (Å²) < 4.78 is 18.3. The Kier molecular flexibility index (Phi) is 3.62.